The Morgan fingerprint density at radius 2 is 1.57 bits per heavy atom. The number of methoxy groups -OCH3 is 3. The summed E-state index contributed by atoms with van der Waals surface area (Å²) in [5.74, 6) is 1.43. The first kappa shape index (κ1) is 28.8. The number of anilines is 1. The third-order valence-corrected chi connectivity index (χ3v) is 7.84. The summed E-state index contributed by atoms with van der Waals surface area (Å²) in [6.45, 7) is 4.25. The molecule has 2 atom stereocenters. The number of Topliss-reactive ketones (excluding diaryl/α,β-unsaturated/α-hetero) is 1. The van der Waals surface area contributed by atoms with Crippen LogP contribution in [0.3, 0.4) is 0 Å². The van der Waals surface area contributed by atoms with E-state index < -0.39 is 5.92 Å². The van der Waals surface area contributed by atoms with Crippen LogP contribution in [0, 0.1) is 0 Å². The second kappa shape index (κ2) is 12.4. The fourth-order valence-electron chi connectivity index (χ4n) is 5.94. The molecule has 3 aromatic carbocycles. The fraction of sp³-hybridized carbons (Fsp3) is 0.294. The van der Waals surface area contributed by atoms with Crippen LogP contribution in [0.5, 0.6) is 23.0 Å². The quantitative estimate of drug-likeness (QED) is 0.322. The molecule has 0 saturated heterocycles. The summed E-state index contributed by atoms with van der Waals surface area (Å²) < 4.78 is 22.4. The van der Waals surface area contributed by atoms with Gasteiger partial charge in [-0.15, -0.1) is 0 Å². The minimum absolute atomic E-state index is 0.0186. The van der Waals surface area contributed by atoms with Gasteiger partial charge in [0.2, 0.25) is 0 Å². The Hall–Kier alpha value is -4.72. The molecule has 218 valence electrons. The summed E-state index contributed by atoms with van der Waals surface area (Å²) in [5, 5.41) is 6.46. The summed E-state index contributed by atoms with van der Waals surface area (Å²) in [5.41, 5.74) is 4.86. The number of carbonyl (C=O) groups excluding carboxylic acids is 2. The average Bonchev–Trinajstić information content (AvgIpc) is 3.00. The van der Waals surface area contributed by atoms with Gasteiger partial charge in [0.1, 0.15) is 11.5 Å². The lowest BCUT2D eigenvalue weighted by Gasteiger charge is -2.37. The number of hydrogen-bond donors (Lipinski definition) is 2. The van der Waals surface area contributed by atoms with Gasteiger partial charge in [-0.05, 0) is 62.1 Å². The maximum absolute atomic E-state index is 14.1. The Morgan fingerprint density at radius 1 is 0.881 bits per heavy atom. The van der Waals surface area contributed by atoms with Gasteiger partial charge in [-0.1, -0.05) is 36.4 Å². The Labute approximate surface area is 246 Å². The van der Waals surface area contributed by atoms with Crippen molar-refractivity contribution in [1.82, 2.24) is 5.32 Å². The lowest BCUT2D eigenvalue weighted by Crippen LogP contribution is -2.37. The van der Waals surface area contributed by atoms with E-state index in [1.165, 1.54) is 0 Å². The number of hydrogen-bond acceptors (Lipinski definition) is 7. The predicted octanol–water partition coefficient (Wildman–Crippen LogP) is 6.11. The van der Waals surface area contributed by atoms with Gasteiger partial charge in [0, 0.05) is 34.5 Å². The van der Waals surface area contributed by atoms with Gasteiger partial charge < -0.3 is 29.6 Å². The zero-order chi connectivity index (χ0) is 29.8. The van der Waals surface area contributed by atoms with Crippen LogP contribution >= 0.6 is 0 Å². The largest absolute Gasteiger partial charge is 0.495 e. The molecule has 0 aromatic heterocycles. The highest BCUT2D eigenvalue weighted by molar-refractivity contribution is 6.10. The topological polar surface area (TPSA) is 95.1 Å². The van der Waals surface area contributed by atoms with E-state index in [1.54, 1.807) is 33.5 Å². The number of nitrogens with one attached hydrogen (secondary N) is 2. The zero-order valence-corrected chi connectivity index (χ0v) is 24.6. The van der Waals surface area contributed by atoms with Crippen LogP contribution in [0.4, 0.5) is 5.69 Å². The van der Waals surface area contributed by atoms with Crippen molar-refractivity contribution in [1.29, 1.82) is 0 Å². The standard InChI is InChI=1S/C34H36N2O6/c1-6-42-27-13-9-7-11-23(27)32-31(34(38)36-24-12-8-10-14-28(24)39-3)20(2)35-25-17-22(18-26(37)33(25)32)21-15-16-29(40-4)30(19-21)41-5/h7-16,19,22,32,35H,6,17-18H2,1-5H3,(H,36,38)/t22-,32-/m1/s1. The van der Waals surface area contributed by atoms with Crippen molar-refractivity contribution in [2.75, 3.05) is 33.3 Å². The van der Waals surface area contributed by atoms with Crippen LogP contribution in [-0.4, -0.2) is 39.6 Å². The number of allylic oxidation sites excluding steroid dienone is 3. The van der Waals surface area contributed by atoms with Gasteiger partial charge >= 0.3 is 0 Å². The number of ether oxygens (including phenoxy) is 4. The Kier molecular flexibility index (Phi) is 8.52. The van der Waals surface area contributed by atoms with Crippen LogP contribution in [0.25, 0.3) is 0 Å². The SMILES string of the molecule is CCOc1ccccc1[C@@H]1C(C(=O)Nc2ccccc2OC)=C(C)NC2=C1C(=O)C[C@H](c1ccc(OC)c(OC)c1)C2. The normalized spacial score (nSPS) is 18.2. The summed E-state index contributed by atoms with van der Waals surface area (Å²) in [7, 11) is 4.76. The average molecular weight is 569 g/mol. The number of dihydropyridines is 1. The van der Waals surface area contributed by atoms with Gasteiger partial charge in [-0.2, -0.15) is 0 Å². The van der Waals surface area contributed by atoms with E-state index in [-0.39, 0.29) is 17.6 Å². The molecule has 2 aliphatic rings. The number of ketones is 1. The molecule has 1 aliphatic heterocycles. The summed E-state index contributed by atoms with van der Waals surface area (Å²) >= 11 is 0. The highest BCUT2D eigenvalue weighted by Gasteiger charge is 2.42. The molecule has 0 bridgehead atoms. The van der Waals surface area contributed by atoms with Crippen LogP contribution in [0.15, 0.2) is 89.3 Å². The van der Waals surface area contributed by atoms with Crippen molar-refractivity contribution in [2.45, 2.75) is 38.5 Å². The van der Waals surface area contributed by atoms with Crippen molar-refractivity contribution in [3.63, 3.8) is 0 Å². The Balaban J connectivity index is 1.59. The van der Waals surface area contributed by atoms with E-state index in [0.29, 0.717) is 65.0 Å². The van der Waals surface area contributed by atoms with Crippen LogP contribution in [-0.2, 0) is 9.59 Å². The van der Waals surface area contributed by atoms with Crippen molar-refractivity contribution < 1.29 is 28.5 Å². The third-order valence-electron chi connectivity index (χ3n) is 7.84. The fourth-order valence-corrected chi connectivity index (χ4v) is 5.94. The van der Waals surface area contributed by atoms with Gasteiger partial charge in [0.05, 0.1) is 39.5 Å². The molecular formula is C34H36N2O6. The molecule has 2 N–H and O–H groups in total. The molecule has 1 aliphatic carbocycles. The molecule has 8 nitrogen and oxygen atoms in total. The van der Waals surface area contributed by atoms with Crippen LogP contribution in [0.1, 0.15) is 49.7 Å². The molecule has 0 fully saturated rings. The Morgan fingerprint density at radius 3 is 2.29 bits per heavy atom. The summed E-state index contributed by atoms with van der Waals surface area (Å²) in [4.78, 5) is 28.1. The van der Waals surface area contributed by atoms with Gasteiger partial charge in [0.15, 0.2) is 17.3 Å². The minimum atomic E-state index is -0.613. The van der Waals surface area contributed by atoms with Crippen molar-refractivity contribution >= 4 is 17.4 Å². The van der Waals surface area contributed by atoms with Crippen LogP contribution < -0.4 is 29.6 Å². The number of rotatable bonds is 9. The number of para-hydroxylation sites is 3. The number of amides is 1. The van der Waals surface area contributed by atoms with E-state index in [0.717, 1.165) is 16.8 Å². The second-order valence-corrected chi connectivity index (χ2v) is 10.3. The maximum Gasteiger partial charge on any atom is 0.254 e. The number of carbonyl (C=O) groups is 2. The highest BCUT2D eigenvalue weighted by atomic mass is 16.5. The molecule has 1 heterocycles. The molecule has 0 spiro atoms. The molecule has 0 unspecified atom stereocenters. The Bertz CT molecular complexity index is 1570. The number of benzene rings is 3. The van der Waals surface area contributed by atoms with E-state index in [9.17, 15) is 9.59 Å². The zero-order valence-electron chi connectivity index (χ0n) is 24.6. The summed E-state index contributed by atoms with van der Waals surface area (Å²) in [6.07, 6.45) is 0.895. The minimum Gasteiger partial charge on any atom is -0.495 e. The van der Waals surface area contributed by atoms with E-state index in [1.807, 2.05) is 68.4 Å². The first-order valence-corrected chi connectivity index (χ1v) is 14.0. The molecule has 0 radical (unpaired) electrons. The van der Waals surface area contributed by atoms with Crippen molar-refractivity contribution in [3.8, 4) is 23.0 Å². The summed E-state index contributed by atoms with van der Waals surface area (Å²) in [6, 6.07) is 20.6. The van der Waals surface area contributed by atoms with Crippen LogP contribution in [0.2, 0.25) is 0 Å². The lowest BCUT2D eigenvalue weighted by molar-refractivity contribution is -0.116. The molecule has 1 amide bonds. The molecular weight excluding hydrogens is 532 g/mol. The third kappa shape index (κ3) is 5.44. The lowest BCUT2D eigenvalue weighted by atomic mass is 9.71. The second-order valence-electron chi connectivity index (χ2n) is 10.3. The smallest absolute Gasteiger partial charge is 0.254 e. The van der Waals surface area contributed by atoms with Crippen molar-refractivity contribution in [2.24, 2.45) is 0 Å². The molecule has 0 saturated carbocycles. The first-order chi connectivity index (χ1) is 20.4. The van der Waals surface area contributed by atoms with E-state index in [4.69, 9.17) is 18.9 Å². The van der Waals surface area contributed by atoms with E-state index in [2.05, 4.69) is 10.6 Å². The molecule has 42 heavy (non-hydrogen) atoms. The first-order valence-electron chi connectivity index (χ1n) is 14.0. The van der Waals surface area contributed by atoms with Gasteiger partial charge in [0.25, 0.3) is 5.91 Å². The van der Waals surface area contributed by atoms with E-state index >= 15 is 0 Å². The van der Waals surface area contributed by atoms with Gasteiger partial charge in [-0.25, -0.2) is 0 Å². The highest BCUT2D eigenvalue weighted by Crippen LogP contribution is 2.48. The van der Waals surface area contributed by atoms with Gasteiger partial charge in [-0.3, -0.25) is 9.59 Å². The predicted molar refractivity (Wildman–Crippen MR) is 161 cm³/mol. The van der Waals surface area contributed by atoms with Crippen molar-refractivity contribution in [3.05, 3.63) is 100 Å². The molecule has 8 heteroatoms. The molecule has 3 aromatic rings. The monoisotopic (exact) mass is 568 g/mol. The molecule has 5 rings (SSSR count). The maximum atomic E-state index is 14.1.